The number of phenolic OH excluding ortho intramolecular Hbond substituents is 1. The summed E-state index contributed by atoms with van der Waals surface area (Å²) in [7, 11) is 1.38. The van der Waals surface area contributed by atoms with Crippen LogP contribution in [0.5, 0.6) is 11.5 Å². The molecule has 6 nitrogen and oxygen atoms in total. The molecule has 6 aromatic rings. The highest BCUT2D eigenvalue weighted by molar-refractivity contribution is 9.08. The van der Waals surface area contributed by atoms with Crippen LogP contribution in [0.3, 0.4) is 0 Å². The first-order valence-corrected chi connectivity index (χ1v) is 16.2. The summed E-state index contributed by atoms with van der Waals surface area (Å²) in [6.45, 7) is 0.229. The van der Waals surface area contributed by atoms with Gasteiger partial charge in [-0.25, -0.2) is 9.59 Å². The Morgan fingerprint density at radius 3 is 1.50 bits per heavy atom. The average molecular weight is 704 g/mol. The molecule has 6 aromatic carbocycles. The second kappa shape index (κ2) is 18.5. The molecule has 48 heavy (non-hydrogen) atoms. The first-order valence-electron chi connectivity index (χ1n) is 15.1. The fourth-order valence-electron chi connectivity index (χ4n) is 4.62. The van der Waals surface area contributed by atoms with Gasteiger partial charge in [-0.2, -0.15) is 0 Å². The van der Waals surface area contributed by atoms with Gasteiger partial charge < -0.3 is 19.7 Å². The molecule has 6 rings (SSSR count). The number of carbonyl (C=O) groups excluding carboxylic acids is 1. The average Bonchev–Trinajstić information content (AvgIpc) is 3.15. The van der Waals surface area contributed by atoms with Crippen LogP contribution in [0.4, 0.5) is 0 Å². The lowest BCUT2D eigenvalue weighted by molar-refractivity contribution is 0.0599. The van der Waals surface area contributed by atoms with Gasteiger partial charge in [0.1, 0.15) is 18.1 Å². The standard InChI is InChI=1S/C20H16O3.C12H10O.C9H9BrO2/c21-20(22)19-9-5-4-8-17(19)14-23-18-12-10-16(11-13-18)15-6-2-1-3-7-15;13-12-8-6-11(7-9-12)10-4-2-1-3-5-10;1-12-9(11)8-5-3-2-4-7(8)6-10/h1-13H,14H2,(H,21,22);1-9,13H;2-5H,6H2,1H3. The molecule has 0 atom stereocenters. The maximum atomic E-state index is 11.2. The van der Waals surface area contributed by atoms with Gasteiger partial charge in [0.15, 0.2) is 0 Å². The molecule has 2 N–H and O–H groups in total. The van der Waals surface area contributed by atoms with Gasteiger partial charge in [-0.05, 0) is 64.2 Å². The summed E-state index contributed by atoms with van der Waals surface area (Å²) in [5, 5.41) is 18.9. The van der Waals surface area contributed by atoms with Gasteiger partial charge in [-0.15, -0.1) is 0 Å². The Labute approximate surface area is 289 Å². The van der Waals surface area contributed by atoms with Crippen molar-refractivity contribution >= 4 is 27.9 Å². The number of halogens is 1. The van der Waals surface area contributed by atoms with Gasteiger partial charge >= 0.3 is 11.9 Å². The summed E-state index contributed by atoms with van der Waals surface area (Å²) in [6, 6.07) is 49.4. The monoisotopic (exact) mass is 702 g/mol. The van der Waals surface area contributed by atoms with Crippen LogP contribution in [-0.4, -0.2) is 29.3 Å². The van der Waals surface area contributed by atoms with Crippen molar-refractivity contribution < 1.29 is 29.3 Å². The molecule has 0 aromatic heterocycles. The van der Waals surface area contributed by atoms with E-state index in [0.717, 1.165) is 22.3 Å². The highest BCUT2D eigenvalue weighted by Gasteiger charge is 2.10. The zero-order valence-electron chi connectivity index (χ0n) is 26.3. The lowest BCUT2D eigenvalue weighted by Crippen LogP contribution is -2.05. The van der Waals surface area contributed by atoms with E-state index in [-0.39, 0.29) is 18.1 Å². The lowest BCUT2D eigenvalue weighted by atomic mass is 10.1. The third-order valence-corrected chi connectivity index (χ3v) is 7.75. The van der Waals surface area contributed by atoms with E-state index in [1.807, 2.05) is 109 Å². The van der Waals surface area contributed by atoms with Gasteiger partial charge in [0.2, 0.25) is 0 Å². The van der Waals surface area contributed by atoms with Gasteiger partial charge in [0.25, 0.3) is 0 Å². The van der Waals surface area contributed by atoms with E-state index < -0.39 is 5.97 Å². The molecule has 0 heterocycles. The number of hydrogen-bond donors (Lipinski definition) is 2. The fraction of sp³-hybridized carbons (Fsp3) is 0.0732. The van der Waals surface area contributed by atoms with Crippen molar-refractivity contribution in [2.75, 3.05) is 7.11 Å². The summed E-state index contributed by atoms with van der Waals surface area (Å²) in [4.78, 5) is 22.3. The normalized spacial score (nSPS) is 9.96. The van der Waals surface area contributed by atoms with E-state index in [2.05, 4.69) is 32.8 Å². The number of carboxylic acid groups (broad SMARTS) is 1. The second-order valence-corrected chi connectivity index (χ2v) is 10.9. The Hall–Kier alpha value is -5.66. The Morgan fingerprint density at radius 2 is 1.00 bits per heavy atom. The molecule has 0 saturated carbocycles. The molecule has 0 fully saturated rings. The highest BCUT2D eigenvalue weighted by Crippen LogP contribution is 2.23. The molecule has 0 aliphatic carbocycles. The lowest BCUT2D eigenvalue weighted by Gasteiger charge is -2.09. The highest BCUT2D eigenvalue weighted by atomic mass is 79.9. The number of phenols is 1. The summed E-state index contributed by atoms with van der Waals surface area (Å²) in [6.07, 6.45) is 0. The largest absolute Gasteiger partial charge is 0.508 e. The number of aromatic carboxylic acids is 1. The summed E-state index contributed by atoms with van der Waals surface area (Å²) in [5.74, 6) is -0.210. The maximum absolute atomic E-state index is 11.2. The number of esters is 1. The van der Waals surface area contributed by atoms with Crippen LogP contribution >= 0.6 is 15.9 Å². The second-order valence-electron chi connectivity index (χ2n) is 10.3. The van der Waals surface area contributed by atoms with Gasteiger partial charge in [-0.3, -0.25) is 0 Å². The van der Waals surface area contributed by atoms with E-state index in [9.17, 15) is 9.59 Å². The van der Waals surface area contributed by atoms with Crippen molar-refractivity contribution in [1.82, 2.24) is 0 Å². The third-order valence-electron chi connectivity index (χ3n) is 7.14. The Morgan fingerprint density at radius 1 is 0.562 bits per heavy atom. The summed E-state index contributed by atoms with van der Waals surface area (Å²) in [5.41, 5.74) is 7.06. The van der Waals surface area contributed by atoms with Crippen molar-refractivity contribution in [3.8, 4) is 33.8 Å². The van der Waals surface area contributed by atoms with E-state index in [0.29, 0.717) is 28.0 Å². The molecule has 0 aliphatic heterocycles. The van der Waals surface area contributed by atoms with Crippen LogP contribution in [0.2, 0.25) is 0 Å². The van der Waals surface area contributed by atoms with Crippen LogP contribution in [-0.2, 0) is 16.7 Å². The molecule has 0 aliphatic rings. The van der Waals surface area contributed by atoms with E-state index in [1.165, 1.54) is 12.7 Å². The van der Waals surface area contributed by atoms with Crippen molar-refractivity contribution in [1.29, 1.82) is 0 Å². The Kier molecular flexibility index (Phi) is 13.5. The van der Waals surface area contributed by atoms with Crippen molar-refractivity contribution in [3.05, 3.63) is 180 Å². The number of ether oxygens (including phenoxy) is 2. The van der Waals surface area contributed by atoms with Crippen molar-refractivity contribution in [2.24, 2.45) is 0 Å². The van der Waals surface area contributed by atoms with Gasteiger partial charge in [-0.1, -0.05) is 137 Å². The molecular formula is C41H35BrO6. The van der Waals surface area contributed by atoms with Gasteiger partial charge in [0.05, 0.1) is 18.2 Å². The molecular weight excluding hydrogens is 668 g/mol. The summed E-state index contributed by atoms with van der Waals surface area (Å²) >= 11 is 3.30. The van der Waals surface area contributed by atoms with Crippen molar-refractivity contribution in [3.63, 3.8) is 0 Å². The number of aromatic hydroxyl groups is 1. The zero-order valence-corrected chi connectivity index (χ0v) is 27.9. The third kappa shape index (κ3) is 10.4. The molecule has 7 heteroatoms. The molecule has 0 saturated heterocycles. The van der Waals surface area contributed by atoms with Crippen LogP contribution in [0.1, 0.15) is 31.8 Å². The first-order chi connectivity index (χ1) is 23.4. The summed E-state index contributed by atoms with van der Waals surface area (Å²) < 4.78 is 10.3. The van der Waals surface area contributed by atoms with Crippen molar-refractivity contribution in [2.45, 2.75) is 11.9 Å². The smallest absolute Gasteiger partial charge is 0.338 e. The van der Waals surface area contributed by atoms with Crippen LogP contribution in [0, 0.1) is 0 Å². The number of methoxy groups -OCH3 is 1. The minimum Gasteiger partial charge on any atom is -0.508 e. The SMILES string of the molecule is COC(=O)c1ccccc1CBr.O=C(O)c1ccccc1COc1ccc(-c2ccccc2)cc1.Oc1ccc(-c2ccccc2)cc1. The molecule has 0 unspecified atom stereocenters. The number of carboxylic acids is 1. The molecule has 0 amide bonds. The minimum absolute atomic E-state index is 0.229. The Bertz CT molecular complexity index is 1870. The van der Waals surface area contributed by atoms with Crippen LogP contribution in [0.25, 0.3) is 22.3 Å². The minimum atomic E-state index is -0.941. The number of hydrogen-bond acceptors (Lipinski definition) is 5. The van der Waals surface area contributed by atoms with Gasteiger partial charge in [0, 0.05) is 10.9 Å². The van der Waals surface area contributed by atoms with E-state index in [1.54, 1.807) is 36.4 Å². The molecule has 0 bridgehead atoms. The predicted octanol–water partition coefficient (Wildman–Crippen LogP) is 10.1. The number of rotatable bonds is 8. The predicted molar refractivity (Wildman–Crippen MR) is 194 cm³/mol. The molecule has 0 spiro atoms. The quantitative estimate of drug-likeness (QED) is 0.121. The van der Waals surface area contributed by atoms with E-state index >= 15 is 0 Å². The van der Waals surface area contributed by atoms with E-state index in [4.69, 9.17) is 14.9 Å². The number of alkyl halides is 1. The number of carbonyl (C=O) groups is 2. The topological polar surface area (TPSA) is 93.1 Å². The Balaban J connectivity index is 0.000000177. The first kappa shape index (κ1) is 35.2. The molecule has 242 valence electrons. The molecule has 0 radical (unpaired) electrons. The zero-order chi connectivity index (χ0) is 34.1. The number of benzene rings is 6. The van der Waals surface area contributed by atoms with Crippen LogP contribution in [0.15, 0.2) is 158 Å². The maximum Gasteiger partial charge on any atom is 0.338 e. The fourth-order valence-corrected chi connectivity index (χ4v) is 5.11. The van der Waals surface area contributed by atoms with Crippen LogP contribution < -0.4 is 4.74 Å².